The van der Waals surface area contributed by atoms with Crippen LogP contribution in [0.1, 0.15) is 116 Å². The fourth-order valence-corrected chi connectivity index (χ4v) is 7.55. The van der Waals surface area contributed by atoms with Crippen molar-refractivity contribution in [2.45, 2.75) is 108 Å². The molecule has 7 nitrogen and oxygen atoms in total. The number of nitrogens with zero attached hydrogens (tertiary/aromatic N) is 2. The Kier molecular flexibility index (Phi) is 10.8. The van der Waals surface area contributed by atoms with Crippen molar-refractivity contribution < 1.29 is 32.3 Å². The van der Waals surface area contributed by atoms with Crippen LogP contribution in [0.5, 0.6) is 0 Å². The lowest BCUT2D eigenvalue weighted by molar-refractivity contribution is -0.139. The van der Waals surface area contributed by atoms with Crippen LogP contribution in [-0.2, 0) is 28.6 Å². The molecule has 268 valence electrons. The lowest BCUT2D eigenvalue weighted by atomic mass is 9.87. The first kappa shape index (κ1) is 35.8. The number of amides is 1. The Morgan fingerprint density at radius 1 is 0.960 bits per heavy atom. The molecule has 2 aliphatic heterocycles. The number of halogens is 4. The van der Waals surface area contributed by atoms with Gasteiger partial charge in [-0.05, 0) is 116 Å². The molecule has 50 heavy (non-hydrogen) atoms. The maximum atomic E-state index is 16.4. The lowest BCUT2D eigenvalue weighted by Crippen LogP contribution is -2.41. The van der Waals surface area contributed by atoms with Gasteiger partial charge in [-0.2, -0.15) is 13.2 Å². The van der Waals surface area contributed by atoms with Crippen molar-refractivity contribution in [3.8, 4) is 11.1 Å². The number of aliphatic carboxylic acids is 1. The van der Waals surface area contributed by atoms with Crippen molar-refractivity contribution in [3.63, 3.8) is 0 Å². The van der Waals surface area contributed by atoms with Crippen LogP contribution in [0, 0.1) is 12.7 Å². The van der Waals surface area contributed by atoms with Crippen LogP contribution < -0.4 is 10.9 Å². The smallest absolute Gasteiger partial charge is 0.416 e. The van der Waals surface area contributed by atoms with Gasteiger partial charge in [-0.25, -0.2) is 4.39 Å². The highest BCUT2D eigenvalue weighted by Gasteiger charge is 2.37. The van der Waals surface area contributed by atoms with Crippen molar-refractivity contribution in [1.29, 1.82) is 0 Å². The first-order valence-corrected chi connectivity index (χ1v) is 17.9. The van der Waals surface area contributed by atoms with Crippen molar-refractivity contribution >= 4 is 11.9 Å². The largest absolute Gasteiger partial charge is 0.481 e. The third-order valence-electron chi connectivity index (χ3n) is 10.5. The number of fused-ring (bicyclic) bond motifs is 4. The molecule has 2 bridgehead atoms. The number of carbonyl (C=O) groups excluding carboxylic acids is 1. The fraction of sp³-hybridized carbons (Fsp3) is 0.513. The first-order valence-electron chi connectivity index (χ1n) is 17.9. The van der Waals surface area contributed by atoms with Crippen LogP contribution in [0.2, 0.25) is 0 Å². The number of pyridine rings is 1. The second kappa shape index (κ2) is 15.1. The number of likely N-dealkylation sites (tertiary alicyclic amines) is 1. The molecule has 1 amide bonds. The van der Waals surface area contributed by atoms with E-state index in [2.05, 4.69) is 11.4 Å². The zero-order valence-electron chi connectivity index (χ0n) is 28.5. The Labute approximate surface area is 289 Å². The maximum absolute atomic E-state index is 16.4. The number of alkyl halides is 3. The van der Waals surface area contributed by atoms with Gasteiger partial charge in [-0.3, -0.25) is 14.4 Å². The second-order valence-electron chi connectivity index (χ2n) is 14.2. The van der Waals surface area contributed by atoms with E-state index in [1.165, 1.54) is 0 Å². The lowest BCUT2D eigenvalue weighted by Gasteiger charge is -2.31. The molecule has 0 unspecified atom stereocenters. The van der Waals surface area contributed by atoms with Crippen LogP contribution in [0.25, 0.3) is 11.1 Å². The number of rotatable bonds is 7. The number of carbonyl (C=O) groups is 2. The topological polar surface area (TPSA) is 91.6 Å². The van der Waals surface area contributed by atoms with E-state index in [-0.39, 0.29) is 29.9 Å². The number of hydrogen-bond donors (Lipinski definition) is 2. The molecule has 3 heterocycles. The van der Waals surface area contributed by atoms with Crippen LogP contribution in [0.4, 0.5) is 17.6 Å². The summed E-state index contributed by atoms with van der Waals surface area (Å²) in [6.45, 7) is 3.98. The van der Waals surface area contributed by atoms with Crippen LogP contribution in [0.15, 0.2) is 47.4 Å². The third-order valence-corrected chi connectivity index (χ3v) is 10.5. The molecule has 0 radical (unpaired) electrons. The summed E-state index contributed by atoms with van der Waals surface area (Å²) in [4.78, 5) is 41.9. The van der Waals surface area contributed by atoms with Crippen molar-refractivity contribution in [2.24, 2.45) is 0 Å². The zero-order valence-corrected chi connectivity index (χ0v) is 28.5. The summed E-state index contributed by atoms with van der Waals surface area (Å²) in [6.07, 6.45) is 3.33. The van der Waals surface area contributed by atoms with Crippen molar-refractivity contribution in [3.05, 3.63) is 92.1 Å². The van der Waals surface area contributed by atoms with Gasteiger partial charge in [0.2, 0.25) is 5.91 Å². The number of carboxylic acids is 1. The van der Waals surface area contributed by atoms with Gasteiger partial charge >= 0.3 is 12.1 Å². The molecular weight excluding hydrogens is 650 g/mol. The zero-order chi connectivity index (χ0) is 35.6. The molecule has 1 aromatic heterocycles. The minimum absolute atomic E-state index is 0.0129. The summed E-state index contributed by atoms with van der Waals surface area (Å²) >= 11 is 0. The van der Waals surface area contributed by atoms with E-state index in [1.54, 1.807) is 6.07 Å². The Bertz CT molecular complexity index is 1790. The number of benzene rings is 2. The van der Waals surface area contributed by atoms with Gasteiger partial charge in [-0.1, -0.05) is 43.9 Å². The summed E-state index contributed by atoms with van der Waals surface area (Å²) in [7, 11) is 0. The van der Waals surface area contributed by atoms with Gasteiger partial charge in [-0.15, -0.1) is 0 Å². The molecule has 3 aromatic rings. The number of aromatic nitrogens is 1. The highest BCUT2D eigenvalue weighted by Crippen LogP contribution is 2.45. The average Bonchev–Trinajstić information content (AvgIpc) is 3.87. The molecule has 2 aromatic carbocycles. The van der Waals surface area contributed by atoms with E-state index in [4.69, 9.17) is 0 Å². The highest BCUT2D eigenvalue weighted by atomic mass is 19.4. The summed E-state index contributed by atoms with van der Waals surface area (Å²) in [5.74, 6) is -2.56. The molecule has 1 saturated carbocycles. The van der Waals surface area contributed by atoms with Crippen molar-refractivity contribution in [1.82, 2.24) is 14.8 Å². The maximum Gasteiger partial charge on any atom is 0.416 e. The Morgan fingerprint density at radius 2 is 1.68 bits per heavy atom. The number of nitrogens with one attached hydrogen (secondary N) is 1. The standard InChI is InChI=1S/C39H45F4N3O4/c1-24-9-7-11-26-10-5-3-2-4-6-12-33(46-23-27(15-18-45-16-8-17-45)31(21-34(46)47)39(41,42)43)38(50)44-32(22-35(48)49)30-20-28(36(24)26)19-29(37(30)40)25-13-14-25/h7,9,11,19-21,23,25,32-33H,2-6,8,10,12-18,22H2,1H3,(H,44,50)(H,48,49)/t32-,33-/m0/s1. The molecule has 3 aliphatic rings. The fourth-order valence-electron chi connectivity index (χ4n) is 7.55. The molecule has 2 fully saturated rings. The van der Waals surface area contributed by atoms with Crippen LogP contribution in [0.3, 0.4) is 0 Å². The molecule has 1 saturated heterocycles. The summed E-state index contributed by atoms with van der Waals surface area (Å²) in [6, 6.07) is 7.65. The summed E-state index contributed by atoms with van der Waals surface area (Å²) in [5.41, 5.74) is 2.35. The average molecular weight is 696 g/mol. The van der Waals surface area contributed by atoms with E-state index < -0.39 is 53.5 Å². The monoisotopic (exact) mass is 695 g/mol. The number of carboxylic acid groups (broad SMARTS) is 1. The molecule has 6 rings (SSSR count). The second-order valence-corrected chi connectivity index (χ2v) is 14.2. The normalized spacial score (nSPS) is 20.9. The molecule has 0 spiro atoms. The van der Waals surface area contributed by atoms with Gasteiger partial charge in [0.05, 0.1) is 18.0 Å². The molecule has 2 N–H and O–H groups in total. The first-order chi connectivity index (χ1) is 23.9. The molecule has 2 atom stereocenters. The van der Waals surface area contributed by atoms with Gasteiger partial charge in [0.1, 0.15) is 11.9 Å². The predicted molar refractivity (Wildman–Crippen MR) is 183 cm³/mol. The third kappa shape index (κ3) is 8.14. The SMILES string of the molecule is Cc1cccc2c1-c1cc(C3CC3)c(F)c(c1)[C@H](CC(=O)O)NC(=O)[C@@H](n1cc(CCN3CCC3)c(C(F)(F)F)cc1=O)CCCCCCC2. The molecular formula is C39H45F4N3O4. The Morgan fingerprint density at radius 3 is 2.36 bits per heavy atom. The minimum Gasteiger partial charge on any atom is -0.481 e. The van der Waals surface area contributed by atoms with Crippen LogP contribution in [-0.4, -0.2) is 46.1 Å². The van der Waals surface area contributed by atoms with Crippen molar-refractivity contribution in [2.75, 3.05) is 19.6 Å². The van der Waals surface area contributed by atoms with Gasteiger partial charge in [0.15, 0.2) is 0 Å². The van der Waals surface area contributed by atoms with E-state index in [9.17, 15) is 32.7 Å². The van der Waals surface area contributed by atoms with E-state index in [0.29, 0.717) is 24.6 Å². The molecule has 1 aliphatic carbocycles. The predicted octanol–water partition coefficient (Wildman–Crippen LogP) is 7.88. The van der Waals surface area contributed by atoms with Gasteiger partial charge in [0, 0.05) is 24.4 Å². The van der Waals surface area contributed by atoms with Gasteiger partial charge < -0.3 is 19.9 Å². The van der Waals surface area contributed by atoms with Crippen LogP contribution >= 0.6 is 0 Å². The van der Waals surface area contributed by atoms with Gasteiger partial charge in [0.25, 0.3) is 5.56 Å². The summed E-state index contributed by atoms with van der Waals surface area (Å²) in [5, 5.41) is 12.7. The quantitative estimate of drug-likeness (QED) is 0.246. The Hall–Kier alpha value is -3.99. The number of hydrogen-bond acceptors (Lipinski definition) is 4. The minimum atomic E-state index is -4.75. The molecule has 11 heteroatoms. The highest BCUT2D eigenvalue weighted by molar-refractivity contribution is 5.82. The van der Waals surface area contributed by atoms with E-state index in [1.807, 2.05) is 30.0 Å². The summed E-state index contributed by atoms with van der Waals surface area (Å²) < 4.78 is 59.9. The Balaban J connectivity index is 1.44. The van der Waals surface area contributed by atoms with E-state index >= 15 is 4.39 Å². The van der Waals surface area contributed by atoms with E-state index in [0.717, 1.165) is 97.5 Å². The number of aryl methyl sites for hydroxylation is 2.